The maximum absolute atomic E-state index is 14.4. The molecule has 0 N–H and O–H groups in total. The van der Waals surface area contributed by atoms with E-state index in [0.717, 1.165) is 21.9 Å². The second kappa shape index (κ2) is 6.10. The van der Waals surface area contributed by atoms with Crippen molar-refractivity contribution in [3.05, 3.63) is 65.7 Å². The van der Waals surface area contributed by atoms with Gasteiger partial charge in [-0.3, -0.25) is 0 Å². The summed E-state index contributed by atoms with van der Waals surface area (Å²) in [5.41, 5.74) is 3.26. The largest absolute Gasteiger partial charge is 0.489 e. The van der Waals surface area contributed by atoms with Gasteiger partial charge >= 0.3 is 0 Å². The van der Waals surface area contributed by atoms with Gasteiger partial charge in [0.05, 0.1) is 6.54 Å². The first kappa shape index (κ1) is 14.4. The summed E-state index contributed by atoms with van der Waals surface area (Å²) in [5, 5.41) is 0.774. The number of nitrogens with zero attached hydrogens (tertiary/aromatic N) is 2. The fourth-order valence-electron chi connectivity index (χ4n) is 2.52. The molecule has 114 valence electrons. The maximum Gasteiger partial charge on any atom is 0.153 e. The van der Waals surface area contributed by atoms with Crippen LogP contribution in [0.3, 0.4) is 0 Å². The highest BCUT2D eigenvalue weighted by molar-refractivity contribution is 5.87. The molecule has 1 aliphatic rings. The number of benzene rings is 2. The van der Waals surface area contributed by atoms with E-state index in [1.807, 2.05) is 73.6 Å². The Morgan fingerprint density at radius 2 is 1.64 bits per heavy atom. The van der Waals surface area contributed by atoms with Gasteiger partial charge in [-0.05, 0) is 12.1 Å². The zero-order chi connectivity index (χ0) is 15.5. The van der Waals surface area contributed by atoms with Crippen molar-refractivity contribution in [2.45, 2.75) is 0 Å². The number of halogens is 1. The molecule has 0 radical (unpaired) electrons. The van der Waals surface area contributed by atoms with Gasteiger partial charge in [-0.15, -0.1) is 0 Å². The molecule has 2 aromatic rings. The Kier molecular flexibility index (Phi) is 4.00. The summed E-state index contributed by atoms with van der Waals surface area (Å²) in [6.07, 6.45) is 0. The topological polar surface area (TPSA) is 15.7 Å². The minimum Gasteiger partial charge on any atom is -0.489 e. The lowest BCUT2D eigenvalue weighted by molar-refractivity contribution is 0.0607. The van der Waals surface area contributed by atoms with Crippen LogP contribution in [0.15, 0.2) is 54.6 Å². The van der Waals surface area contributed by atoms with E-state index in [2.05, 4.69) is 0 Å². The molecular formula is C18H19FN2O. The van der Waals surface area contributed by atoms with Crippen LogP contribution in [0.2, 0.25) is 0 Å². The first-order chi connectivity index (χ1) is 10.7. The lowest BCUT2D eigenvalue weighted by Crippen LogP contribution is -2.24. The van der Waals surface area contributed by atoms with Crippen LogP contribution in [0.4, 0.5) is 10.2 Å². The summed E-state index contributed by atoms with van der Waals surface area (Å²) in [5.74, 6) is 0.590. The highest BCUT2D eigenvalue weighted by Crippen LogP contribution is 2.34. The molecule has 4 heteroatoms. The quantitative estimate of drug-likeness (QED) is 0.802. The average molecular weight is 298 g/mol. The van der Waals surface area contributed by atoms with Crippen molar-refractivity contribution in [3.8, 4) is 0 Å². The second-order valence-corrected chi connectivity index (χ2v) is 5.42. The van der Waals surface area contributed by atoms with Crippen LogP contribution in [0.1, 0.15) is 11.1 Å². The van der Waals surface area contributed by atoms with Gasteiger partial charge in [0.25, 0.3) is 0 Å². The molecule has 0 aromatic heterocycles. The molecule has 3 rings (SSSR count). The van der Waals surface area contributed by atoms with E-state index in [0.29, 0.717) is 18.1 Å². The van der Waals surface area contributed by atoms with E-state index in [-0.39, 0.29) is 6.54 Å². The molecule has 1 heterocycles. The van der Waals surface area contributed by atoms with Gasteiger partial charge in [-0.25, -0.2) is 5.12 Å². The summed E-state index contributed by atoms with van der Waals surface area (Å²) in [7, 11) is 3.96. The summed E-state index contributed by atoms with van der Waals surface area (Å²) in [6, 6.07) is 17.5. The van der Waals surface area contributed by atoms with Crippen molar-refractivity contribution in [1.29, 1.82) is 0 Å². The Hall–Kier alpha value is -2.49. The highest BCUT2D eigenvalue weighted by atomic mass is 19.2. The molecule has 22 heavy (non-hydrogen) atoms. The normalized spacial score (nSPS) is 14.8. The Morgan fingerprint density at radius 3 is 2.27 bits per heavy atom. The number of hydrogen-bond acceptors (Lipinski definition) is 3. The number of ether oxygens (including phenoxy) is 1. The highest BCUT2D eigenvalue weighted by Gasteiger charge is 2.24. The fourth-order valence-corrected chi connectivity index (χ4v) is 2.52. The zero-order valence-corrected chi connectivity index (χ0v) is 12.8. The Labute approximate surface area is 130 Å². The van der Waals surface area contributed by atoms with Gasteiger partial charge in [0.1, 0.15) is 12.3 Å². The molecule has 1 aliphatic heterocycles. The van der Waals surface area contributed by atoms with Gasteiger partial charge in [-0.1, -0.05) is 46.9 Å². The third-order valence-electron chi connectivity index (χ3n) is 3.68. The van der Waals surface area contributed by atoms with Gasteiger partial charge in [0.2, 0.25) is 0 Å². The Morgan fingerprint density at radius 1 is 0.955 bits per heavy atom. The molecule has 0 saturated heterocycles. The van der Waals surface area contributed by atoms with Crippen LogP contribution in [-0.4, -0.2) is 32.4 Å². The molecule has 3 nitrogen and oxygen atoms in total. The first-order valence-corrected chi connectivity index (χ1v) is 7.30. The molecule has 0 aliphatic carbocycles. The van der Waals surface area contributed by atoms with Crippen LogP contribution in [0.25, 0.3) is 11.5 Å². The van der Waals surface area contributed by atoms with Crippen molar-refractivity contribution in [1.82, 2.24) is 5.12 Å². The van der Waals surface area contributed by atoms with E-state index in [9.17, 15) is 4.48 Å². The fraction of sp³-hybridized carbons (Fsp3) is 0.222. The third-order valence-corrected chi connectivity index (χ3v) is 3.68. The lowest BCUT2D eigenvalue weighted by atomic mass is 10.0. The molecule has 2 aromatic carbocycles. The van der Waals surface area contributed by atoms with E-state index < -0.39 is 0 Å². The van der Waals surface area contributed by atoms with Crippen LogP contribution >= 0.6 is 0 Å². The third kappa shape index (κ3) is 2.77. The minimum atomic E-state index is 0.237. The van der Waals surface area contributed by atoms with Gasteiger partial charge in [0, 0.05) is 30.9 Å². The van der Waals surface area contributed by atoms with Crippen molar-refractivity contribution in [2.24, 2.45) is 0 Å². The molecule has 0 amide bonds. The summed E-state index contributed by atoms with van der Waals surface area (Å²) in [4.78, 5) is 2.01. The van der Waals surface area contributed by atoms with Crippen LogP contribution in [0, 0.1) is 0 Å². The smallest absolute Gasteiger partial charge is 0.153 e. The standard InChI is InChI=1S/C18H19FN2O/c1-20(2)16-10-8-14(9-11-16)17-18(22-13-12-21(17)19)15-6-4-3-5-7-15/h3-11H,12-13H2,1-2H3. The Balaban J connectivity index is 2.08. The molecular weight excluding hydrogens is 279 g/mol. The van der Waals surface area contributed by atoms with Crippen LogP contribution in [-0.2, 0) is 4.74 Å². The van der Waals surface area contributed by atoms with Crippen molar-refractivity contribution in [2.75, 3.05) is 32.1 Å². The zero-order valence-electron chi connectivity index (χ0n) is 12.8. The molecule has 0 saturated carbocycles. The first-order valence-electron chi connectivity index (χ1n) is 7.30. The Bertz CT molecular complexity index is 665. The van der Waals surface area contributed by atoms with E-state index in [1.165, 1.54) is 0 Å². The minimum absolute atomic E-state index is 0.237. The van der Waals surface area contributed by atoms with Gasteiger partial charge in [-0.2, -0.15) is 0 Å². The number of rotatable bonds is 3. The number of anilines is 1. The van der Waals surface area contributed by atoms with E-state index in [1.54, 1.807) is 0 Å². The average Bonchev–Trinajstić information content (AvgIpc) is 2.55. The molecule has 0 atom stereocenters. The lowest BCUT2D eigenvalue weighted by Gasteiger charge is -2.27. The van der Waals surface area contributed by atoms with E-state index >= 15 is 0 Å². The maximum atomic E-state index is 14.4. The van der Waals surface area contributed by atoms with Crippen molar-refractivity contribution in [3.63, 3.8) is 0 Å². The van der Waals surface area contributed by atoms with Crippen molar-refractivity contribution < 1.29 is 9.22 Å². The summed E-state index contributed by atoms with van der Waals surface area (Å²) < 4.78 is 20.2. The second-order valence-electron chi connectivity index (χ2n) is 5.42. The predicted octanol–water partition coefficient (Wildman–Crippen LogP) is 3.80. The van der Waals surface area contributed by atoms with Crippen LogP contribution in [0.5, 0.6) is 0 Å². The molecule has 0 bridgehead atoms. The monoisotopic (exact) mass is 298 g/mol. The predicted molar refractivity (Wildman–Crippen MR) is 87.8 cm³/mol. The summed E-state index contributed by atoms with van der Waals surface area (Å²) >= 11 is 0. The van der Waals surface area contributed by atoms with Crippen LogP contribution < -0.4 is 4.90 Å². The summed E-state index contributed by atoms with van der Waals surface area (Å²) in [6.45, 7) is 0.584. The number of hydrogen-bond donors (Lipinski definition) is 0. The molecule has 0 fully saturated rings. The van der Waals surface area contributed by atoms with Gasteiger partial charge < -0.3 is 9.64 Å². The SMILES string of the molecule is CN(C)c1ccc(C2=C(c3ccccc3)OCCN2F)cc1. The molecule has 0 unspecified atom stereocenters. The molecule has 0 spiro atoms. The van der Waals surface area contributed by atoms with Crippen molar-refractivity contribution >= 4 is 17.1 Å². The van der Waals surface area contributed by atoms with E-state index in [4.69, 9.17) is 4.74 Å². The van der Waals surface area contributed by atoms with Gasteiger partial charge in [0.15, 0.2) is 5.76 Å².